The van der Waals surface area contributed by atoms with Crippen LogP contribution in [-0.4, -0.2) is 0 Å². The van der Waals surface area contributed by atoms with Gasteiger partial charge in [0.15, 0.2) is 0 Å². The quantitative estimate of drug-likeness (QED) is 0.441. The highest BCUT2D eigenvalue weighted by Gasteiger charge is 1.34. The molecule has 0 bridgehead atoms. The van der Waals surface area contributed by atoms with Crippen molar-refractivity contribution >= 4 is 0 Å². The fourth-order valence-corrected chi connectivity index (χ4v) is 0. The van der Waals surface area contributed by atoms with Gasteiger partial charge in [0.2, 0.25) is 0 Å². The molecule has 0 unspecified atom stereocenters. The summed E-state index contributed by atoms with van der Waals surface area (Å²) in [6.45, 7) is 8.00. The van der Waals surface area contributed by atoms with Gasteiger partial charge in [-0.15, -0.1) is 0 Å². The van der Waals surface area contributed by atoms with E-state index < -0.39 is 0 Å². The smallest absolute Gasteiger partial charge is 0.0470 e. The minimum atomic E-state index is 0. The molecule has 0 saturated heterocycles. The molecule has 0 saturated carbocycles. The number of rotatable bonds is 0. The molecular weight excluding hydrogens is 120 g/mol. The Morgan fingerprint density at radius 2 is 0.600 bits per heavy atom. The van der Waals surface area contributed by atoms with Crippen LogP contribution in [0.15, 0.2) is 24.3 Å². The van der Waals surface area contributed by atoms with Gasteiger partial charge in [0.1, 0.15) is 0 Å². The maximum atomic E-state index is 2.00. The van der Waals surface area contributed by atoms with Crippen LogP contribution in [0.1, 0.15) is 42.5 Å². The molecule has 0 aliphatic heterocycles. The third-order valence-electron chi connectivity index (χ3n) is 0.667. The maximum absolute atomic E-state index is 2.00. The van der Waals surface area contributed by atoms with Gasteiger partial charge in [-0.1, -0.05) is 39.2 Å². The monoisotopic (exact) mass is 144 g/mol. The lowest BCUT2D eigenvalue weighted by atomic mass is 10.6. The number of hydrogen-bond acceptors (Lipinski definition) is 0. The third-order valence-corrected chi connectivity index (χ3v) is 0.667. The number of hydrogen-bond donors (Lipinski definition) is 0. The van der Waals surface area contributed by atoms with Crippen LogP contribution >= 0.6 is 0 Å². The van der Waals surface area contributed by atoms with E-state index in [0.29, 0.717) is 0 Å². The van der Waals surface area contributed by atoms with Crippen LogP contribution < -0.4 is 0 Å². The van der Waals surface area contributed by atoms with E-state index in [0.717, 1.165) is 0 Å². The Balaban J connectivity index is -0.0000000300. The molecule has 0 amide bonds. The van der Waals surface area contributed by atoms with E-state index in [-0.39, 0.29) is 14.9 Å². The van der Waals surface area contributed by atoms with E-state index >= 15 is 0 Å². The van der Waals surface area contributed by atoms with Crippen molar-refractivity contribution < 1.29 is 0 Å². The Hall–Kier alpha value is -0.520. The van der Waals surface area contributed by atoms with Crippen molar-refractivity contribution in [3.05, 3.63) is 24.3 Å². The Bertz CT molecular complexity index is 40.4. The summed E-state index contributed by atoms with van der Waals surface area (Å²) in [7, 11) is 0. The van der Waals surface area contributed by atoms with Gasteiger partial charge in [-0.3, -0.25) is 0 Å². The molecule has 10 heavy (non-hydrogen) atoms. The van der Waals surface area contributed by atoms with Crippen molar-refractivity contribution in [2.75, 3.05) is 0 Å². The highest BCUT2D eigenvalue weighted by atomic mass is 13.4. The lowest BCUT2D eigenvalue weighted by molar-refractivity contribution is 1.64. The van der Waals surface area contributed by atoms with E-state index in [4.69, 9.17) is 0 Å². The lowest BCUT2D eigenvalue weighted by Crippen LogP contribution is -1.26. The molecule has 0 fully saturated rings. The summed E-state index contributed by atoms with van der Waals surface area (Å²) in [6, 6.07) is 0. The van der Waals surface area contributed by atoms with Gasteiger partial charge >= 0.3 is 0 Å². The molecule has 64 valence electrons. The zero-order valence-electron chi connectivity index (χ0n) is 6.31. The summed E-state index contributed by atoms with van der Waals surface area (Å²) < 4.78 is 0. The molecule has 0 nitrogen and oxygen atoms in total. The topological polar surface area (TPSA) is 0 Å². The molecule has 0 aromatic rings. The van der Waals surface area contributed by atoms with Crippen LogP contribution in [0.25, 0.3) is 0 Å². The minimum Gasteiger partial charge on any atom is -0.0919 e. The summed E-state index contributed by atoms with van der Waals surface area (Å²) in [5.74, 6) is 0. The maximum Gasteiger partial charge on any atom is -0.0470 e. The third kappa shape index (κ3) is 143. The van der Waals surface area contributed by atoms with Gasteiger partial charge in [0.25, 0.3) is 0 Å². The molecule has 0 heteroatoms. The van der Waals surface area contributed by atoms with Gasteiger partial charge < -0.3 is 0 Å². The van der Waals surface area contributed by atoms with Crippen LogP contribution in [0.4, 0.5) is 0 Å². The summed E-state index contributed by atoms with van der Waals surface area (Å²) >= 11 is 0. The van der Waals surface area contributed by atoms with Gasteiger partial charge in [-0.05, 0) is 27.7 Å². The Kier molecular flexibility index (Phi) is 88.9. The zero-order valence-corrected chi connectivity index (χ0v) is 6.31. The molecule has 0 N–H and O–H groups in total. The molecular formula is C10H24. The average molecular weight is 144 g/mol. The molecule has 0 aliphatic carbocycles. The van der Waals surface area contributed by atoms with E-state index in [1.807, 2.05) is 52.0 Å². The summed E-state index contributed by atoms with van der Waals surface area (Å²) in [5, 5.41) is 0. The zero-order chi connectivity index (χ0) is 6.83. The summed E-state index contributed by atoms with van der Waals surface area (Å²) in [4.78, 5) is 0. The molecule has 0 aliphatic rings. The fraction of sp³-hybridized carbons (Fsp3) is 0.600. The standard InChI is InChI=1S/2C4H8.2CH4/c2*1-3-4-2;;/h2*3-4H,1-2H3;2*1H4/b4-3+;4-3-;;. The van der Waals surface area contributed by atoms with Crippen LogP contribution in [-0.2, 0) is 0 Å². The van der Waals surface area contributed by atoms with E-state index in [2.05, 4.69) is 0 Å². The molecule has 0 rings (SSSR count). The second-order valence-electron chi connectivity index (χ2n) is 1.33. The normalized spacial score (nSPS) is 7.60. The van der Waals surface area contributed by atoms with Crippen molar-refractivity contribution in [1.29, 1.82) is 0 Å². The van der Waals surface area contributed by atoms with Gasteiger partial charge in [-0.25, -0.2) is 0 Å². The van der Waals surface area contributed by atoms with E-state index in [1.165, 1.54) is 0 Å². The van der Waals surface area contributed by atoms with E-state index in [9.17, 15) is 0 Å². The first kappa shape index (κ1) is 22.7. The van der Waals surface area contributed by atoms with Crippen molar-refractivity contribution in [2.45, 2.75) is 42.5 Å². The lowest BCUT2D eigenvalue weighted by Gasteiger charge is -1.49. The van der Waals surface area contributed by atoms with Crippen molar-refractivity contribution in [3.63, 3.8) is 0 Å². The van der Waals surface area contributed by atoms with Gasteiger partial charge in [-0.2, -0.15) is 0 Å². The highest BCUT2D eigenvalue weighted by molar-refractivity contribution is 4.68. The first-order valence-corrected chi connectivity index (χ1v) is 2.98. The summed E-state index contributed by atoms with van der Waals surface area (Å²) in [6.07, 6.45) is 8.00. The Morgan fingerprint density at radius 1 is 0.500 bits per heavy atom. The first-order chi connectivity index (χ1) is 3.83. The van der Waals surface area contributed by atoms with Crippen LogP contribution in [0.2, 0.25) is 0 Å². The first-order valence-electron chi connectivity index (χ1n) is 2.98. The SMILES string of the molecule is C.C.C/C=C/C.C/C=C\C. The predicted molar refractivity (Wildman–Crippen MR) is 54.4 cm³/mol. The van der Waals surface area contributed by atoms with Crippen LogP contribution in [0, 0.1) is 0 Å². The minimum absolute atomic E-state index is 0. The molecule has 0 radical (unpaired) electrons. The van der Waals surface area contributed by atoms with Crippen LogP contribution in [0.3, 0.4) is 0 Å². The second-order valence-corrected chi connectivity index (χ2v) is 1.33. The number of allylic oxidation sites excluding steroid dienone is 4. The Labute approximate surface area is 67.7 Å². The molecule has 0 aromatic heterocycles. The molecule has 0 spiro atoms. The Morgan fingerprint density at radius 3 is 0.600 bits per heavy atom. The van der Waals surface area contributed by atoms with Crippen molar-refractivity contribution in [1.82, 2.24) is 0 Å². The second kappa shape index (κ2) is 39.2. The van der Waals surface area contributed by atoms with Gasteiger partial charge in [0.05, 0.1) is 0 Å². The van der Waals surface area contributed by atoms with Crippen molar-refractivity contribution in [3.8, 4) is 0 Å². The molecule has 0 aromatic carbocycles. The largest absolute Gasteiger partial charge is 0.0919 e. The van der Waals surface area contributed by atoms with Crippen LogP contribution in [0.5, 0.6) is 0 Å². The van der Waals surface area contributed by atoms with E-state index in [1.54, 1.807) is 0 Å². The molecule has 0 heterocycles. The van der Waals surface area contributed by atoms with Gasteiger partial charge in [0, 0.05) is 0 Å². The summed E-state index contributed by atoms with van der Waals surface area (Å²) in [5.41, 5.74) is 0. The average Bonchev–Trinajstić information content (AvgIpc) is 1.88. The van der Waals surface area contributed by atoms with Crippen molar-refractivity contribution in [2.24, 2.45) is 0 Å². The highest BCUT2D eigenvalue weighted by Crippen LogP contribution is 1.57. The molecule has 0 atom stereocenters. The predicted octanol–water partition coefficient (Wildman–Crippen LogP) is 4.44. The fourth-order valence-electron chi connectivity index (χ4n) is 0.